The summed E-state index contributed by atoms with van der Waals surface area (Å²) >= 11 is 0. The summed E-state index contributed by atoms with van der Waals surface area (Å²) in [5.74, 6) is 7.20. The number of aryl methyl sites for hydroxylation is 2. The van der Waals surface area contributed by atoms with Crippen LogP contribution in [0.5, 0.6) is 0 Å². The maximum absolute atomic E-state index is 13.6. The highest BCUT2D eigenvalue weighted by atomic mass is 16.1. The molecule has 202 valence electrons. The van der Waals surface area contributed by atoms with E-state index in [1.54, 1.807) is 0 Å². The summed E-state index contributed by atoms with van der Waals surface area (Å²) in [5.41, 5.74) is 7.48. The fraction of sp³-hybridized carbons (Fsp3) is 0.514. The Morgan fingerprint density at radius 3 is 2.29 bits per heavy atom. The fourth-order valence-corrected chi connectivity index (χ4v) is 6.28. The maximum Gasteiger partial charge on any atom is 0.163 e. The first-order valence-electron chi connectivity index (χ1n) is 14.5. The second-order valence-corrected chi connectivity index (χ2v) is 11.1. The van der Waals surface area contributed by atoms with Crippen LogP contribution in [0.2, 0.25) is 0 Å². The zero-order valence-corrected chi connectivity index (χ0v) is 24.2. The van der Waals surface area contributed by atoms with Crippen molar-refractivity contribution >= 4 is 17.3 Å². The molecule has 3 rings (SSSR count). The zero-order valence-electron chi connectivity index (χ0n) is 24.2. The predicted octanol–water partition coefficient (Wildman–Crippen LogP) is 7.65. The summed E-state index contributed by atoms with van der Waals surface area (Å²) in [4.78, 5) is 38.1. The van der Waals surface area contributed by atoms with Crippen molar-refractivity contribution in [3.8, 4) is 11.8 Å². The van der Waals surface area contributed by atoms with Gasteiger partial charge in [-0.2, -0.15) is 0 Å². The SMILES string of the molecule is CCCC(CC1CC(=O)c2c(C)c(C#Cc3ccc(CC)cc3)cc(CC)c2C1)C(CC)C(=O)CC(C)=O. The van der Waals surface area contributed by atoms with Crippen molar-refractivity contribution in [2.45, 2.75) is 99.3 Å². The Kier molecular flexibility index (Phi) is 10.7. The number of fused-ring (bicyclic) bond motifs is 1. The summed E-state index contributed by atoms with van der Waals surface area (Å²) in [7, 11) is 0. The van der Waals surface area contributed by atoms with Gasteiger partial charge in [0.15, 0.2) is 5.78 Å². The van der Waals surface area contributed by atoms with E-state index in [-0.39, 0.29) is 41.5 Å². The van der Waals surface area contributed by atoms with Gasteiger partial charge in [-0.3, -0.25) is 14.4 Å². The third kappa shape index (κ3) is 7.10. The Hall–Kier alpha value is -2.99. The Morgan fingerprint density at radius 1 is 1.00 bits per heavy atom. The molecule has 0 aromatic heterocycles. The van der Waals surface area contributed by atoms with Gasteiger partial charge in [0.1, 0.15) is 11.6 Å². The second-order valence-electron chi connectivity index (χ2n) is 11.1. The molecule has 0 radical (unpaired) electrons. The molecule has 0 heterocycles. The lowest BCUT2D eigenvalue weighted by Gasteiger charge is -2.32. The van der Waals surface area contributed by atoms with Gasteiger partial charge in [-0.15, -0.1) is 0 Å². The molecular formula is C35H44O3. The van der Waals surface area contributed by atoms with E-state index in [1.165, 1.54) is 23.6 Å². The third-order valence-electron chi connectivity index (χ3n) is 8.26. The van der Waals surface area contributed by atoms with E-state index >= 15 is 0 Å². The number of carbonyl (C=O) groups is 3. The quantitative estimate of drug-likeness (QED) is 0.230. The minimum Gasteiger partial charge on any atom is -0.300 e. The first-order valence-corrected chi connectivity index (χ1v) is 14.5. The molecule has 0 saturated carbocycles. The van der Waals surface area contributed by atoms with Crippen molar-refractivity contribution < 1.29 is 14.4 Å². The first kappa shape index (κ1) is 29.6. The fourth-order valence-electron chi connectivity index (χ4n) is 6.28. The van der Waals surface area contributed by atoms with Crippen molar-refractivity contribution in [2.24, 2.45) is 17.8 Å². The van der Waals surface area contributed by atoms with Crippen LogP contribution in [0.25, 0.3) is 0 Å². The summed E-state index contributed by atoms with van der Waals surface area (Å²) in [6.45, 7) is 12.0. The Morgan fingerprint density at radius 2 is 1.71 bits per heavy atom. The molecule has 3 atom stereocenters. The van der Waals surface area contributed by atoms with Crippen molar-refractivity contribution in [1.82, 2.24) is 0 Å². The standard InChI is InChI=1S/C35H44O3/c1-7-11-30(31(10-4)33(37)18-23(5)36)19-27-20-32-28(9-3)22-29(24(6)35(32)34(38)21-27)17-16-26-14-12-25(8-2)13-15-26/h12-15,22,27,30-31H,7-11,18-21H2,1-6H3. The van der Waals surface area contributed by atoms with Gasteiger partial charge in [-0.05, 0) is 98.2 Å². The zero-order chi connectivity index (χ0) is 27.8. The number of hydrogen-bond acceptors (Lipinski definition) is 3. The molecule has 0 fully saturated rings. The molecule has 2 aromatic carbocycles. The molecule has 0 N–H and O–H groups in total. The highest BCUT2D eigenvalue weighted by molar-refractivity contribution is 6.01. The van der Waals surface area contributed by atoms with Crippen LogP contribution < -0.4 is 0 Å². The number of benzene rings is 2. The summed E-state index contributed by atoms with van der Waals surface area (Å²) in [6, 6.07) is 10.5. The van der Waals surface area contributed by atoms with Gasteiger partial charge in [0.25, 0.3) is 0 Å². The molecule has 3 heteroatoms. The van der Waals surface area contributed by atoms with Crippen molar-refractivity contribution in [3.05, 3.63) is 69.3 Å². The number of Topliss-reactive ketones (excluding diaryl/α,β-unsaturated/α-hetero) is 3. The lowest BCUT2D eigenvalue weighted by atomic mass is 9.71. The van der Waals surface area contributed by atoms with E-state index < -0.39 is 0 Å². The van der Waals surface area contributed by atoms with Crippen molar-refractivity contribution in [3.63, 3.8) is 0 Å². The van der Waals surface area contributed by atoms with Crippen LogP contribution in [0.3, 0.4) is 0 Å². The van der Waals surface area contributed by atoms with Gasteiger partial charge >= 0.3 is 0 Å². The van der Waals surface area contributed by atoms with Gasteiger partial charge in [-0.25, -0.2) is 0 Å². The molecule has 38 heavy (non-hydrogen) atoms. The van der Waals surface area contributed by atoms with E-state index in [9.17, 15) is 14.4 Å². The number of hydrogen-bond donors (Lipinski definition) is 0. The van der Waals surface area contributed by atoms with Gasteiger partial charge in [0, 0.05) is 29.0 Å². The Labute approximate surface area is 229 Å². The van der Waals surface area contributed by atoms with Gasteiger partial charge in [0.05, 0.1) is 6.42 Å². The number of carbonyl (C=O) groups excluding carboxylic acids is 3. The van der Waals surface area contributed by atoms with Gasteiger partial charge < -0.3 is 0 Å². The molecule has 3 nitrogen and oxygen atoms in total. The molecule has 0 aliphatic heterocycles. The highest BCUT2D eigenvalue weighted by Crippen LogP contribution is 2.38. The van der Waals surface area contributed by atoms with E-state index in [2.05, 4.69) is 62.9 Å². The molecule has 3 unspecified atom stereocenters. The lowest BCUT2D eigenvalue weighted by Crippen LogP contribution is -2.30. The maximum atomic E-state index is 13.6. The third-order valence-corrected chi connectivity index (χ3v) is 8.26. The Bertz CT molecular complexity index is 1220. The van der Waals surface area contributed by atoms with Crippen LogP contribution in [-0.2, 0) is 28.9 Å². The van der Waals surface area contributed by atoms with Crippen molar-refractivity contribution in [1.29, 1.82) is 0 Å². The predicted molar refractivity (Wildman–Crippen MR) is 156 cm³/mol. The molecule has 0 spiro atoms. The average molecular weight is 513 g/mol. The number of rotatable bonds is 11. The minimum absolute atomic E-state index is 0.0247. The molecule has 1 aliphatic carbocycles. The largest absolute Gasteiger partial charge is 0.300 e. The monoisotopic (exact) mass is 512 g/mol. The van der Waals surface area contributed by atoms with Crippen LogP contribution in [-0.4, -0.2) is 17.3 Å². The van der Waals surface area contributed by atoms with Crippen LogP contribution in [0.1, 0.15) is 117 Å². The summed E-state index contributed by atoms with van der Waals surface area (Å²) < 4.78 is 0. The van der Waals surface area contributed by atoms with E-state index in [4.69, 9.17) is 0 Å². The minimum atomic E-state index is -0.105. The highest BCUT2D eigenvalue weighted by Gasteiger charge is 2.34. The molecule has 2 aromatic rings. The average Bonchev–Trinajstić information content (AvgIpc) is 2.88. The summed E-state index contributed by atoms with van der Waals surface area (Å²) in [5, 5.41) is 0. The molecule has 0 amide bonds. The van der Waals surface area contributed by atoms with Crippen LogP contribution in [0.15, 0.2) is 30.3 Å². The van der Waals surface area contributed by atoms with E-state index in [1.807, 2.05) is 13.8 Å². The number of ketones is 3. The van der Waals surface area contributed by atoms with Crippen LogP contribution in [0, 0.1) is 36.5 Å². The first-order chi connectivity index (χ1) is 18.2. The normalized spacial score (nSPS) is 16.3. The lowest BCUT2D eigenvalue weighted by molar-refractivity contribution is -0.129. The smallest absolute Gasteiger partial charge is 0.163 e. The molecule has 0 saturated heterocycles. The van der Waals surface area contributed by atoms with Crippen LogP contribution in [0.4, 0.5) is 0 Å². The molecular weight excluding hydrogens is 468 g/mol. The van der Waals surface area contributed by atoms with E-state index in [0.717, 1.165) is 67.2 Å². The topological polar surface area (TPSA) is 51.2 Å². The van der Waals surface area contributed by atoms with E-state index in [0.29, 0.717) is 6.42 Å². The second kappa shape index (κ2) is 13.7. The Balaban J connectivity index is 1.89. The van der Waals surface area contributed by atoms with Crippen molar-refractivity contribution in [2.75, 3.05) is 0 Å². The molecule has 1 aliphatic rings. The summed E-state index contributed by atoms with van der Waals surface area (Å²) in [6.07, 6.45) is 6.83. The van der Waals surface area contributed by atoms with Crippen LogP contribution >= 0.6 is 0 Å². The molecule has 0 bridgehead atoms. The van der Waals surface area contributed by atoms with Gasteiger partial charge in [0.2, 0.25) is 0 Å². The van der Waals surface area contributed by atoms with Gasteiger partial charge in [-0.1, -0.05) is 64.5 Å².